The molecule has 1 aliphatic rings. The average Bonchev–Trinajstić information content (AvgIpc) is 3.39. The third-order valence-electron chi connectivity index (χ3n) is 4.36. The summed E-state index contributed by atoms with van der Waals surface area (Å²) in [6.45, 7) is 5.59. The Morgan fingerprint density at radius 2 is 2.15 bits per heavy atom. The SMILES string of the molecule is CC(COC1CCOC1)NC(=NCc1ccccc1)NCCc1ccco1. The summed E-state index contributed by atoms with van der Waals surface area (Å²) >= 11 is 0. The van der Waals surface area contributed by atoms with E-state index >= 15 is 0 Å². The molecule has 0 amide bonds. The zero-order chi connectivity index (χ0) is 18.7. The summed E-state index contributed by atoms with van der Waals surface area (Å²) in [5, 5.41) is 6.82. The molecule has 146 valence electrons. The molecule has 0 aliphatic carbocycles. The first kappa shape index (κ1) is 19.5. The minimum absolute atomic E-state index is 0.149. The lowest BCUT2D eigenvalue weighted by atomic mass is 10.2. The van der Waals surface area contributed by atoms with Crippen molar-refractivity contribution in [1.29, 1.82) is 0 Å². The summed E-state index contributed by atoms with van der Waals surface area (Å²) in [5.41, 5.74) is 1.18. The molecule has 1 aliphatic heterocycles. The monoisotopic (exact) mass is 371 g/mol. The second-order valence-corrected chi connectivity index (χ2v) is 6.77. The molecule has 1 aromatic carbocycles. The van der Waals surface area contributed by atoms with Crippen molar-refractivity contribution < 1.29 is 13.9 Å². The van der Waals surface area contributed by atoms with Gasteiger partial charge in [-0.05, 0) is 31.0 Å². The first-order chi connectivity index (χ1) is 13.3. The maximum Gasteiger partial charge on any atom is 0.191 e. The van der Waals surface area contributed by atoms with Gasteiger partial charge >= 0.3 is 0 Å². The lowest BCUT2D eigenvalue weighted by molar-refractivity contribution is 0.0347. The Morgan fingerprint density at radius 1 is 1.26 bits per heavy atom. The van der Waals surface area contributed by atoms with Gasteiger partial charge in [-0.25, -0.2) is 4.99 Å². The molecule has 2 heterocycles. The van der Waals surface area contributed by atoms with E-state index in [1.807, 2.05) is 30.3 Å². The number of hydrogen-bond donors (Lipinski definition) is 2. The molecule has 2 atom stereocenters. The smallest absolute Gasteiger partial charge is 0.191 e. The molecule has 2 N–H and O–H groups in total. The van der Waals surface area contributed by atoms with Gasteiger partial charge in [-0.15, -0.1) is 0 Å². The van der Waals surface area contributed by atoms with Crippen molar-refractivity contribution in [2.75, 3.05) is 26.4 Å². The normalized spacial score (nSPS) is 18.4. The zero-order valence-corrected chi connectivity index (χ0v) is 15.9. The summed E-state index contributed by atoms with van der Waals surface area (Å²) < 4.78 is 16.7. The van der Waals surface area contributed by atoms with Crippen molar-refractivity contribution >= 4 is 5.96 Å². The second kappa shape index (κ2) is 10.7. The molecule has 1 fully saturated rings. The van der Waals surface area contributed by atoms with Gasteiger partial charge in [0.05, 0.1) is 32.1 Å². The Balaban J connectivity index is 1.50. The molecule has 6 nitrogen and oxygen atoms in total. The van der Waals surface area contributed by atoms with Crippen LogP contribution in [0.25, 0.3) is 0 Å². The van der Waals surface area contributed by atoms with E-state index in [1.165, 1.54) is 5.56 Å². The zero-order valence-electron chi connectivity index (χ0n) is 15.9. The molecule has 0 bridgehead atoms. The van der Waals surface area contributed by atoms with Gasteiger partial charge in [0.1, 0.15) is 5.76 Å². The van der Waals surface area contributed by atoms with Gasteiger partial charge < -0.3 is 24.5 Å². The lowest BCUT2D eigenvalue weighted by Gasteiger charge is -2.20. The molecule has 0 saturated carbocycles. The molecule has 3 rings (SSSR count). The number of hydrogen-bond acceptors (Lipinski definition) is 4. The molecule has 6 heteroatoms. The van der Waals surface area contributed by atoms with Crippen molar-refractivity contribution in [1.82, 2.24) is 10.6 Å². The van der Waals surface area contributed by atoms with Crippen molar-refractivity contribution in [3.63, 3.8) is 0 Å². The van der Waals surface area contributed by atoms with Crippen LogP contribution in [0.1, 0.15) is 24.7 Å². The second-order valence-electron chi connectivity index (χ2n) is 6.77. The minimum atomic E-state index is 0.149. The fourth-order valence-corrected chi connectivity index (χ4v) is 2.87. The van der Waals surface area contributed by atoms with Crippen molar-refractivity contribution in [2.45, 2.75) is 38.5 Å². The van der Waals surface area contributed by atoms with Crippen LogP contribution < -0.4 is 10.6 Å². The Hall–Kier alpha value is -2.31. The summed E-state index contributed by atoms with van der Waals surface area (Å²) in [6.07, 6.45) is 3.70. The van der Waals surface area contributed by atoms with Crippen LogP contribution in [0.15, 0.2) is 58.1 Å². The van der Waals surface area contributed by atoms with E-state index in [0.29, 0.717) is 19.8 Å². The molecule has 27 heavy (non-hydrogen) atoms. The molecular weight excluding hydrogens is 342 g/mol. The highest BCUT2D eigenvalue weighted by atomic mass is 16.5. The van der Waals surface area contributed by atoms with Crippen molar-refractivity contribution in [2.24, 2.45) is 4.99 Å². The summed E-state index contributed by atoms with van der Waals surface area (Å²) in [7, 11) is 0. The third kappa shape index (κ3) is 7.07. The number of furan rings is 1. The fraction of sp³-hybridized carbons (Fsp3) is 0.476. The third-order valence-corrected chi connectivity index (χ3v) is 4.36. The van der Waals surface area contributed by atoms with Gasteiger partial charge in [-0.2, -0.15) is 0 Å². The quantitative estimate of drug-likeness (QED) is 0.524. The van der Waals surface area contributed by atoms with Gasteiger partial charge in [-0.3, -0.25) is 0 Å². The highest BCUT2D eigenvalue weighted by Crippen LogP contribution is 2.08. The van der Waals surface area contributed by atoms with Gasteiger partial charge in [0.25, 0.3) is 0 Å². The van der Waals surface area contributed by atoms with Crippen LogP contribution in [-0.4, -0.2) is 44.5 Å². The number of ether oxygens (including phenoxy) is 2. The topological polar surface area (TPSA) is 68.0 Å². The van der Waals surface area contributed by atoms with Crippen LogP contribution in [0.5, 0.6) is 0 Å². The van der Waals surface area contributed by atoms with Gasteiger partial charge in [-0.1, -0.05) is 30.3 Å². The van der Waals surface area contributed by atoms with Crippen LogP contribution in [0.4, 0.5) is 0 Å². The van der Waals surface area contributed by atoms with Crippen molar-refractivity contribution in [3.05, 3.63) is 60.1 Å². The summed E-state index contributed by atoms with van der Waals surface area (Å²) in [5.74, 6) is 1.74. The highest BCUT2D eigenvalue weighted by Gasteiger charge is 2.17. The number of benzene rings is 1. The van der Waals surface area contributed by atoms with E-state index in [9.17, 15) is 0 Å². The molecule has 2 aromatic rings. The lowest BCUT2D eigenvalue weighted by Crippen LogP contribution is -2.45. The van der Waals surface area contributed by atoms with E-state index in [4.69, 9.17) is 18.9 Å². The van der Waals surface area contributed by atoms with Gasteiger partial charge in [0, 0.05) is 25.6 Å². The average molecular weight is 371 g/mol. The van der Waals surface area contributed by atoms with Crippen molar-refractivity contribution in [3.8, 4) is 0 Å². The Labute approximate surface area is 161 Å². The molecule has 1 aromatic heterocycles. The first-order valence-electron chi connectivity index (χ1n) is 9.60. The van der Waals surface area contributed by atoms with Crippen LogP contribution >= 0.6 is 0 Å². The molecular formula is C21H29N3O3. The first-order valence-corrected chi connectivity index (χ1v) is 9.60. The molecule has 0 spiro atoms. The van der Waals surface area contributed by atoms with E-state index < -0.39 is 0 Å². The van der Waals surface area contributed by atoms with Gasteiger partial charge in [0.15, 0.2) is 5.96 Å². The predicted molar refractivity (Wildman–Crippen MR) is 106 cm³/mol. The fourth-order valence-electron chi connectivity index (χ4n) is 2.87. The number of rotatable bonds is 9. The number of guanidine groups is 1. The number of aliphatic imine (C=N–C) groups is 1. The highest BCUT2D eigenvalue weighted by molar-refractivity contribution is 5.80. The summed E-state index contributed by atoms with van der Waals surface area (Å²) in [4.78, 5) is 4.72. The van der Waals surface area contributed by atoms with E-state index in [1.54, 1.807) is 6.26 Å². The predicted octanol–water partition coefficient (Wildman–Crippen LogP) is 2.75. The van der Waals surface area contributed by atoms with Gasteiger partial charge in [0.2, 0.25) is 0 Å². The van der Waals surface area contributed by atoms with Crippen LogP contribution in [0.3, 0.4) is 0 Å². The minimum Gasteiger partial charge on any atom is -0.469 e. The van der Waals surface area contributed by atoms with Crippen LogP contribution in [0.2, 0.25) is 0 Å². The Kier molecular flexibility index (Phi) is 7.74. The van der Waals surface area contributed by atoms with E-state index in [-0.39, 0.29) is 12.1 Å². The molecule has 1 saturated heterocycles. The molecule has 0 radical (unpaired) electrons. The number of nitrogens with one attached hydrogen (secondary N) is 2. The maximum atomic E-state index is 5.91. The van der Waals surface area contributed by atoms with Crippen LogP contribution in [0, 0.1) is 0 Å². The summed E-state index contributed by atoms with van der Waals surface area (Å²) in [6, 6.07) is 14.3. The van der Waals surface area contributed by atoms with E-state index in [0.717, 1.165) is 37.7 Å². The Bertz CT molecular complexity index is 667. The van der Waals surface area contributed by atoms with Crippen LogP contribution in [-0.2, 0) is 22.4 Å². The number of nitrogens with zero attached hydrogens (tertiary/aromatic N) is 1. The largest absolute Gasteiger partial charge is 0.469 e. The maximum absolute atomic E-state index is 5.91. The van der Waals surface area contributed by atoms with E-state index in [2.05, 4.69) is 29.7 Å². The molecule has 2 unspecified atom stereocenters. The Morgan fingerprint density at radius 3 is 2.89 bits per heavy atom. The standard InChI is InChI=1S/C21H29N3O3/c1-17(15-27-20-10-13-25-16-20)24-21(22-11-9-19-8-5-12-26-19)23-14-18-6-3-2-4-7-18/h2-8,12,17,20H,9-11,13-16H2,1H3,(H2,22,23,24).